The van der Waals surface area contributed by atoms with Crippen LogP contribution in [0.5, 0.6) is 5.88 Å². The molecule has 22 heavy (non-hydrogen) atoms. The van der Waals surface area contributed by atoms with Crippen LogP contribution in [0.2, 0.25) is 0 Å². The van der Waals surface area contributed by atoms with Crippen molar-refractivity contribution in [3.05, 3.63) is 42.2 Å². The molecule has 2 aliphatic heterocycles. The van der Waals surface area contributed by atoms with Crippen LogP contribution in [0, 0.1) is 0 Å². The van der Waals surface area contributed by atoms with Crippen molar-refractivity contribution in [2.75, 3.05) is 4.90 Å². The number of benzene rings is 1. The van der Waals surface area contributed by atoms with Gasteiger partial charge in [0.2, 0.25) is 11.8 Å². The Morgan fingerprint density at radius 1 is 1.36 bits per heavy atom. The molecule has 1 aromatic carbocycles. The summed E-state index contributed by atoms with van der Waals surface area (Å²) >= 11 is 0. The van der Waals surface area contributed by atoms with E-state index < -0.39 is 6.04 Å². The number of hydrogen-bond acceptors (Lipinski definition) is 4. The van der Waals surface area contributed by atoms with Crippen molar-refractivity contribution in [3.63, 3.8) is 0 Å². The number of pyridine rings is 1. The molecular formula is C16H13N3O3. The highest BCUT2D eigenvalue weighted by Crippen LogP contribution is 2.41. The van der Waals surface area contributed by atoms with Gasteiger partial charge in [-0.3, -0.25) is 14.5 Å². The highest BCUT2D eigenvalue weighted by Gasteiger charge is 2.40. The minimum Gasteiger partial charge on any atom is -0.493 e. The van der Waals surface area contributed by atoms with Crippen LogP contribution < -0.4 is 10.2 Å². The molecule has 6 nitrogen and oxygen atoms in total. The van der Waals surface area contributed by atoms with Gasteiger partial charge in [-0.25, -0.2) is 4.98 Å². The van der Waals surface area contributed by atoms with Crippen molar-refractivity contribution in [2.45, 2.75) is 18.9 Å². The fourth-order valence-electron chi connectivity index (χ4n) is 3.19. The minimum atomic E-state index is -0.571. The van der Waals surface area contributed by atoms with Crippen molar-refractivity contribution < 1.29 is 14.7 Å². The van der Waals surface area contributed by atoms with Crippen molar-refractivity contribution in [3.8, 4) is 5.88 Å². The predicted octanol–water partition coefficient (Wildman–Crippen LogP) is 1.69. The average molecular weight is 295 g/mol. The van der Waals surface area contributed by atoms with Gasteiger partial charge in [0.05, 0.1) is 11.3 Å². The second kappa shape index (κ2) is 4.30. The zero-order valence-corrected chi connectivity index (χ0v) is 11.7. The van der Waals surface area contributed by atoms with E-state index in [2.05, 4.69) is 16.9 Å². The molecule has 2 N–H and O–H groups in total. The van der Waals surface area contributed by atoms with Crippen molar-refractivity contribution in [1.82, 2.24) is 10.3 Å². The molecule has 1 fully saturated rings. The summed E-state index contributed by atoms with van der Waals surface area (Å²) in [7, 11) is 0. The van der Waals surface area contributed by atoms with Gasteiger partial charge in [-0.05, 0) is 25.0 Å². The number of aromatic hydroxyl groups is 1. The lowest BCUT2D eigenvalue weighted by Crippen LogP contribution is -2.51. The molecule has 0 bridgehead atoms. The molecule has 0 radical (unpaired) electrons. The van der Waals surface area contributed by atoms with Crippen LogP contribution in [-0.4, -0.2) is 27.9 Å². The summed E-state index contributed by atoms with van der Waals surface area (Å²) in [5, 5.41) is 13.8. The first kappa shape index (κ1) is 12.8. The Kier molecular flexibility index (Phi) is 2.51. The number of nitrogens with one attached hydrogen (secondary N) is 1. The summed E-state index contributed by atoms with van der Waals surface area (Å²) in [6, 6.07) is 4.67. The monoisotopic (exact) mass is 295 g/mol. The number of allylic oxidation sites excluding steroid dienone is 1. The number of amides is 2. The van der Waals surface area contributed by atoms with E-state index in [9.17, 15) is 14.7 Å². The number of anilines is 1. The van der Waals surface area contributed by atoms with Gasteiger partial charge in [0.25, 0.3) is 5.91 Å². The van der Waals surface area contributed by atoms with Crippen LogP contribution in [0.1, 0.15) is 23.2 Å². The van der Waals surface area contributed by atoms with E-state index in [1.54, 1.807) is 18.2 Å². The molecule has 1 saturated heterocycles. The van der Waals surface area contributed by atoms with Gasteiger partial charge in [0.15, 0.2) is 0 Å². The number of piperidine rings is 1. The Morgan fingerprint density at radius 3 is 2.95 bits per heavy atom. The standard InChI is InChI=1S/C16H13N3O3/c1-8-5-6-12(15(21)18-8)19-11-4-2-3-9-13(11)10(16(19)22)7-17-14(9)20/h2-4,7,12H,1,5-6H2,(H,17,20)(H,18,21). The molecule has 3 heterocycles. The summed E-state index contributed by atoms with van der Waals surface area (Å²) in [6.07, 6.45) is 2.53. The number of nitrogens with zero attached hydrogens (tertiary/aromatic N) is 2. The van der Waals surface area contributed by atoms with Gasteiger partial charge in [-0.15, -0.1) is 0 Å². The lowest BCUT2D eigenvalue weighted by Gasteiger charge is -2.31. The van der Waals surface area contributed by atoms with Crippen LogP contribution in [0.3, 0.4) is 0 Å². The van der Waals surface area contributed by atoms with Gasteiger partial charge < -0.3 is 10.4 Å². The summed E-state index contributed by atoms with van der Waals surface area (Å²) in [6.45, 7) is 3.76. The third-order valence-electron chi connectivity index (χ3n) is 4.21. The Morgan fingerprint density at radius 2 is 2.18 bits per heavy atom. The first-order chi connectivity index (χ1) is 10.6. The van der Waals surface area contributed by atoms with Crippen molar-refractivity contribution in [1.29, 1.82) is 0 Å². The summed E-state index contributed by atoms with van der Waals surface area (Å²) in [4.78, 5) is 30.3. The Hall–Kier alpha value is -2.89. The van der Waals surface area contributed by atoms with Crippen LogP contribution >= 0.6 is 0 Å². The smallest absolute Gasteiger partial charge is 0.261 e. The number of rotatable bonds is 1. The topological polar surface area (TPSA) is 82.5 Å². The van der Waals surface area contributed by atoms with E-state index >= 15 is 0 Å². The van der Waals surface area contributed by atoms with E-state index in [4.69, 9.17) is 0 Å². The van der Waals surface area contributed by atoms with E-state index in [-0.39, 0.29) is 17.7 Å². The first-order valence-electron chi connectivity index (χ1n) is 7.01. The zero-order valence-electron chi connectivity index (χ0n) is 11.7. The lowest BCUT2D eigenvalue weighted by atomic mass is 10.0. The second-order valence-electron chi connectivity index (χ2n) is 5.52. The zero-order chi connectivity index (χ0) is 15.4. The molecule has 0 saturated carbocycles. The molecule has 2 aromatic rings. The van der Waals surface area contributed by atoms with E-state index in [0.717, 1.165) is 0 Å². The van der Waals surface area contributed by atoms with Crippen LogP contribution in [0.4, 0.5) is 5.69 Å². The summed E-state index contributed by atoms with van der Waals surface area (Å²) in [5.41, 5.74) is 1.73. The van der Waals surface area contributed by atoms with Crippen molar-refractivity contribution >= 4 is 28.3 Å². The molecule has 1 aromatic heterocycles. The molecule has 0 aliphatic carbocycles. The number of carbonyl (C=O) groups excluding carboxylic acids is 2. The third kappa shape index (κ3) is 1.57. The summed E-state index contributed by atoms with van der Waals surface area (Å²) < 4.78 is 0. The normalized spacial score (nSPS) is 20.6. The maximum atomic E-state index is 12.7. The van der Waals surface area contributed by atoms with Crippen molar-refractivity contribution in [2.24, 2.45) is 0 Å². The minimum absolute atomic E-state index is 0.114. The molecule has 4 rings (SSSR count). The van der Waals surface area contributed by atoms with Gasteiger partial charge in [0.1, 0.15) is 6.04 Å². The summed E-state index contributed by atoms with van der Waals surface area (Å²) in [5.74, 6) is -0.602. The molecule has 2 aliphatic rings. The molecule has 1 unspecified atom stereocenters. The highest BCUT2D eigenvalue weighted by molar-refractivity contribution is 6.27. The highest BCUT2D eigenvalue weighted by atomic mass is 16.3. The van der Waals surface area contributed by atoms with E-state index in [1.165, 1.54) is 11.1 Å². The lowest BCUT2D eigenvalue weighted by molar-refractivity contribution is -0.122. The maximum Gasteiger partial charge on any atom is 0.261 e. The number of aromatic nitrogens is 1. The van der Waals surface area contributed by atoms with Gasteiger partial charge in [0, 0.05) is 22.7 Å². The average Bonchev–Trinajstić information content (AvgIpc) is 2.77. The largest absolute Gasteiger partial charge is 0.493 e. The molecule has 2 amide bonds. The van der Waals surface area contributed by atoms with E-state index in [1.807, 2.05) is 0 Å². The fourth-order valence-corrected chi connectivity index (χ4v) is 3.19. The second-order valence-corrected chi connectivity index (χ2v) is 5.52. The van der Waals surface area contributed by atoms with E-state index in [0.29, 0.717) is 40.6 Å². The molecule has 6 heteroatoms. The fraction of sp³-hybridized carbons (Fsp3) is 0.188. The van der Waals surface area contributed by atoms with Gasteiger partial charge in [-0.1, -0.05) is 12.6 Å². The third-order valence-corrected chi connectivity index (χ3v) is 4.21. The van der Waals surface area contributed by atoms with Crippen LogP contribution in [-0.2, 0) is 4.79 Å². The Bertz CT molecular complexity index is 859. The van der Waals surface area contributed by atoms with Crippen LogP contribution in [0.15, 0.2) is 36.7 Å². The Labute approximate surface area is 126 Å². The maximum absolute atomic E-state index is 12.7. The molecule has 0 spiro atoms. The number of carbonyl (C=O) groups is 2. The quantitative estimate of drug-likeness (QED) is 0.838. The Balaban J connectivity index is 1.89. The van der Waals surface area contributed by atoms with Gasteiger partial charge >= 0.3 is 0 Å². The molecular weight excluding hydrogens is 282 g/mol. The molecule has 1 atom stereocenters. The SMILES string of the molecule is C=C1CCC(N2C(=O)c3cnc(O)c4cccc2c34)C(=O)N1. The predicted molar refractivity (Wildman–Crippen MR) is 80.5 cm³/mol. The van der Waals surface area contributed by atoms with Gasteiger partial charge in [-0.2, -0.15) is 0 Å². The molecule has 110 valence electrons. The van der Waals surface area contributed by atoms with Crippen LogP contribution in [0.25, 0.3) is 10.8 Å². The number of hydrogen-bond donors (Lipinski definition) is 2. The first-order valence-corrected chi connectivity index (χ1v) is 7.01.